The van der Waals surface area contributed by atoms with Crippen LogP contribution in [-0.4, -0.2) is 47.0 Å². The van der Waals surface area contributed by atoms with Crippen molar-refractivity contribution in [1.82, 2.24) is 14.9 Å². The first-order valence-electron chi connectivity index (χ1n) is 10.4. The Bertz CT molecular complexity index is 1130. The van der Waals surface area contributed by atoms with Gasteiger partial charge in [-0.25, -0.2) is 9.97 Å². The summed E-state index contributed by atoms with van der Waals surface area (Å²) < 4.78 is 2.15. The van der Waals surface area contributed by atoms with E-state index in [-0.39, 0.29) is 5.91 Å². The number of para-hydroxylation sites is 1. The van der Waals surface area contributed by atoms with Gasteiger partial charge in [0.15, 0.2) is 10.1 Å². The number of rotatable bonds is 8. The summed E-state index contributed by atoms with van der Waals surface area (Å²) in [6.45, 7) is 9.76. The number of aryl methyl sites for hydroxylation is 1. The van der Waals surface area contributed by atoms with Gasteiger partial charge in [0.25, 0.3) is 5.91 Å². The minimum atomic E-state index is -0.0712. The minimum absolute atomic E-state index is 0.0712. The fourth-order valence-electron chi connectivity index (χ4n) is 3.44. The van der Waals surface area contributed by atoms with Crippen LogP contribution in [0, 0.1) is 0 Å². The third-order valence-electron chi connectivity index (χ3n) is 5.34. The van der Waals surface area contributed by atoms with Crippen molar-refractivity contribution in [3.63, 3.8) is 0 Å². The van der Waals surface area contributed by atoms with E-state index in [9.17, 15) is 4.79 Å². The SMILES string of the molecule is CCc1ccc2nc(N(CCN(CC)CC)C(=O)c3nc4ccccc4s3)sc2c1. The molecular formula is C23H26N4OS2. The Hall–Kier alpha value is -2.35. The van der Waals surface area contributed by atoms with E-state index < -0.39 is 0 Å². The van der Waals surface area contributed by atoms with Crippen molar-refractivity contribution in [2.45, 2.75) is 27.2 Å². The first-order valence-corrected chi connectivity index (χ1v) is 12.1. The number of benzene rings is 2. The molecule has 2 heterocycles. The van der Waals surface area contributed by atoms with Gasteiger partial charge >= 0.3 is 0 Å². The van der Waals surface area contributed by atoms with Crippen LogP contribution >= 0.6 is 22.7 Å². The molecule has 0 fully saturated rings. The number of fused-ring (bicyclic) bond motifs is 2. The molecule has 0 aliphatic heterocycles. The second-order valence-electron chi connectivity index (χ2n) is 7.12. The number of thiazole rings is 2. The van der Waals surface area contributed by atoms with Gasteiger partial charge in [-0.05, 0) is 49.3 Å². The summed E-state index contributed by atoms with van der Waals surface area (Å²) in [7, 11) is 0. The summed E-state index contributed by atoms with van der Waals surface area (Å²) in [4.78, 5) is 27.1. The summed E-state index contributed by atoms with van der Waals surface area (Å²) >= 11 is 3.03. The topological polar surface area (TPSA) is 49.3 Å². The molecule has 156 valence electrons. The highest BCUT2D eigenvalue weighted by atomic mass is 32.1. The molecule has 2 aromatic carbocycles. The molecule has 2 aromatic heterocycles. The van der Waals surface area contributed by atoms with Crippen LogP contribution in [0.2, 0.25) is 0 Å². The van der Waals surface area contributed by atoms with E-state index in [1.165, 1.54) is 16.9 Å². The Balaban J connectivity index is 1.70. The zero-order chi connectivity index (χ0) is 21.1. The zero-order valence-electron chi connectivity index (χ0n) is 17.6. The molecule has 0 unspecified atom stereocenters. The summed E-state index contributed by atoms with van der Waals surface area (Å²) in [6.07, 6.45) is 0.986. The molecule has 30 heavy (non-hydrogen) atoms. The van der Waals surface area contributed by atoms with Gasteiger partial charge in [0.1, 0.15) is 0 Å². The number of hydrogen-bond acceptors (Lipinski definition) is 6. The van der Waals surface area contributed by atoms with E-state index >= 15 is 0 Å². The van der Waals surface area contributed by atoms with Gasteiger partial charge in [0.2, 0.25) is 0 Å². The summed E-state index contributed by atoms with van der Waals surface area (Å²) in [5.74, 6) is -0.0712. The highest BCUT2D eigenvalue weighted by Gasteiger charge is 2.24. The summed E-state index contributed by atoms with van der Waals surface area (Å²) in [6, 6.07) is 14.2. The number of hydrogen-bond donors (Lipinski definition) is 0. The van der Waals surface area contributed by atoms with Gasteiger partial charge in [0.05, 0.1) is 20.4 Å². The van der Waals surface area contributed by atoms with Crippen LogP contribution in [0.3, 0.4) is 0 Å². The molecule has 0 N–H and O–H groups in total. The molecule has 0 saturated carbocycles. The lowest BCUT2D eigenvalue weighted by atomic mass is 10.2. The lowest BCUT2D eigenvalue weighted by Gasteiger charge is -2.24. The third kappa shape index (κ3) is 4.24. The smallest absolute Gasteiger partial charge is 0.289 e. The van der Waals surface area contributed by atoms with Crippen LogP contribution in [0.1, 0.15) is 36.1 Å². The van der Waals surface area contributed by atoms with Gasteiger partial charge in [-0.3, -0.25) is 9.69 Å². The zero-order valence-corrected chi connectivity index (χ0v) is 19.2. The normalized spacial score (nSPS) is 11.6. The molecule has 0 atom stereocenters. The average molecular weight is 439 g/mol. The molecule has 5 nitrogen and oxygen atoms in total. The largest absolute Gasteiger partial charge is 0.302 e. The van der Waals surface area contributed by atoms with Crippen molar-refractivity contribution in [2.24, 2.45) is 0 Å². The predicted molar refractivity (Wildman–Crippen MR) is 128 cm³/mol. The van der Waals surface area contributed by atoms with Crippen molar-refractivity contribution in [1.29, 1.82) is 0 Å². The quantitative estimate of drug-likeness (QED) is 0.367. The predicted octanol–water partition coefficient (Wildman–Crippen LogP) is 5.46. The van der Waals surface area contributed by atoms with Crippen molar-refractivity contribution < 1.29 is 4.79 Å². The maximum atomic E-state index is 13.5. The van der Waals surface area contributed by atoms with Crippen LogP contribution in [0.4, 0.5) is 5.13 Å². The Morgan fingerprint density at radius 1 is 0.900 bits per heavy atom. The van der Waals surface area contributed by atoms with E-state index in [1.807, 2.05) is 29.2 Å². The summed E-state index contributed by atoms with van der Waals surface area (Å²) in [5.41, 5.74) is 3.09. The minimum Gasteiger partial charge on any atom is -0.302 e. The van der Waals surface area contributed by atoms with Crippen LogP contribution in [0.5, 0.6) is 0 Å². The number of amides is 1. The molecule has 0 saturated heterocycles. The van der Waals surface area contributed by atoms with Gasteiger partial charge in [-0.15, -0.1) is 11.3 Å². The molecular weight excluding hydrogens is 412 g/mol. The Morgan fingerprint density at radius 3 is 2.40 bits per heavy atom. The van der Waals surface area contributed by atoms with Gasteiger partial charge in [-0.1, -0.05) is 50.3 Å². The van der Waals surface area contributed by atoms with E-state index in [2.05, 4.69) is 48.9 Å². The van der Waals surface area contributed by atoms with Crippen LogP contribution in [-0.2, 0) is 6.42 Å². The second kappa shape index (κ2) is 9.20. The number of nitrogens with zero attached hydrogens (tertiary/aromatic N) is 4. The standard InChI is InChI=1S/C23H26N4OS2/c1-4-16-11-12-18-20(15-16)30-23(25-18)27(14-13-26(5-2)6-3)22(28)21-24-17-9-7-8-10-19(17)29-21/h7-12,15H,4-6,13-14H2,1-3H3. The van der Waals surface area contributed by atoms with Gasteiger partial charge < -0.3 is 4.90 Å². The Labute approximate surface area is 185 Å². The van der Waals surface area contributed by atoms with E-state index in [0.717, 1.165) is 51.6 Å². The molecule has 0 aliphatic rings. The van der Waals surface area contributed by atoms with Crippen molar-refractivity contribution >= 4 is 54.1 Å². The van der Waals surface area contributed by atoms with Crippen molar-refractivity contribution in [3.05, 3.63) is 53.0 Å². The molecule has 4 rings (SSSR count). The molecule has 7 heteroatoms. The number of aromatic nitrogens is 2. The van der Waals surface area contributed by atoms with Crippen LogP contribution in [0.25, 0.3) is 20.4 Å². The van der Waals surface area contributed by atoms with Gasteiger partial charge in [-0.2, -0.15) is 0 Å². The van der Waals surface area contributed by atoms with Crippen LogP contribution in [0.15, 0.2) is 42.5 Å². The first-order chi connectivity index (χ1) is 14.6. The second-order valence-corrected chi connectivity index (χ2v) is 9.16. The monoisotopic (exact) mass is 438 g/mol. The summed E-state index contributed by atoms with van der Waals surface area (Å²) in [5, 5.41) is 1.26. The number of carbonyl (C=O) groups is 1. The average Bonchev–Trinajstić information content (AvgIpc) is 3.39. The molecule has 0 spiro atoms. The fourth-order valence-corrected chi connectivity index (χ4v) is 5.40. The third-order valence-corrected chi connectivity index (χ3v) is 7.40. The highest BCUT2D eigenvalue weighted by Crippen LogP contribution is 2.32. The Kier molecular flexibility index (Phi) is 6.41. The number of anilines is 1. The highest BCUT2D eigenvalue weighted by molar-refractivity contribution is 7.23. The maximum absolute atomic E-state index is 13.5. The van der Waals surface area contributed by atoms with Gasteiger partial charge in [0, 0.05) is 13.1 Å². The lowest BCUT2D eigenvalue weighted by Crippen LogP contribution is -2.38. The lowest BCUT2D eigenvalue weighted by molar-refractivity contribution is 0.0983. The van der Waals surface area contributed by atoms with E-state index in [1.54, 1.807) is 11.3 Å². The Morgan fingerprint density at radius 2 is 1.67 bits per heavy atom. The fraction of sp³-hybridized carbons (Fsp3) is 0.348. The molecule has 4 aromatic rings. The maximum Gasteiger partial charge on any atom is 0.289 e. The van der Waals surface area contributed by atoms with E-state index in [4.69, 9.17) is 4.98 Å². The van der Waals surface area contributed by atoms with Crippen LogP contribution < -0.4 is 4.90 Å². The number of likely N-dealkylation sites (N-methyl/N-ethyl adjacent to an activating group) is 1. The number of carbonyl (C=O) groups excluding carboxylic acids is 1. The van der Waals surface area contributed by atoms with Crippen molar-refractivity contribution in [3.8, 4) is 0 Å². The van der Waals surface area contributed by atoms with Crippen molar-refractivity contribution in [2.75, 3.05) is 31.1 Å². The molecule has 0 bridgehead atoms. The molecule has 1 amide bonds. The molecule has 0 aliphatic carbocycles. The first kappa shape index (κ1) is 20.9. The molecule has 0 radical (unpaired) electrons. The van der Waals surface area contributed by atoms with E-state index in [0.29, 0.717) is 11.6 Å².